The van der Waals surface area contributed by atoms with E-state index in [2.05, 4.69) is 10.2 Å². The number of rotatable bonds is 8. The topological polar surface area (TPSA) is 50.8 Å². The molecule has 0 fully saturated rings. The Balaban J connectivity index is 1.88. The zero-order chi connectivity index (χ0) is 18.2. The van der Waals surface area contributed by atoms with Gasteiger partial charge < -0.3 is 19.7 Å². The Hall–Kier alpha value is -2.24. The molecule has 0 aliphatic rings. The normalized spacial score (nSPS) is 10.6. The van der Waals surface area contributed by atoms with Crippen molar-refractivity contribution < 1.29 is 14.3 Å². The van der Waals surface area contributed by atoms with E-state index in [1.165, 1.54) is 0 Å². The minimum atomic E-state index is -0.0903. The van der Waals surface area contributed by atoms with Crippen molar-refractivity contribution in [3.05, 3.63) is 53.1 Å². The summed E-state index contributed by atoms with van der Waals surface area (Å²) in [6, 6.07) is 13.0. The second-order valence-electron chi connectivity index (χ2n) is 5.69. The van der Waals surface area contributed by atoms with Crippen LogP contribution in [-0.2, 0) is 11.3 Å². The van der Waals surface area contributed by atoms with Gasteiger partial charge in [0.2, 0.25) is 5.91 Å². The maximum absolute atomic E-state index is 12.2. The highest BCUT2D eigenvalue weighted by atomic mass is 35.5. The molecular formula is C19H23ClN2O3. The second kappa shape index (κ2) is 9.30. The minimum absolute atomic E-state index is 0.0903. The summed E-state index contributed by atoms with van der Waals surface area (Å²) in [5.41, 5.74) is 1.66. The molecule has 0 saturated heterocycles. The summed E-state index contributed by atoms with van der Waals surface area (Å²) < 4.78 is 10.6. The van der Waals surface area contributed by atoms with E-state index in [0.29, 0.717) is 36.0 Å². The van der Waals surface area contributed by atoms with Gasteiger partial charge in [-0.1, -0.05) is 29.8 Å². The van der Waals surface area contributed by atoms with Gasteiger partial charge in [0.1, 0.15) is 11.5 Å². The zero-order valence-electron chi connectivity index (χ0n) is 14.7. The first-order chi connectivity index (χ1) is 12.0. The molecular weight excluding hydrogens is 340 g/mol. The van der Waals surface area contributed by atoms with Crippen LogP contribution in [0.5, 0.6) is 11.5 Å². The molecule has 134 valence electrons. The maximum Gasteiger partial charge on any atom is 0.225 e. The van der Waals surface area contributed by atoms with Gasteiger partial charge in [0.05, 0.1) is 19.9 Å². The van der Waals surface area contributed by atoms with Gasteiger partial charge in [-0.15, -0.1) is 0 Å². The van der Waals surface area contributed by atoms with Crippen LogP contribution in [0, 0.1) is 0 Å². The van der Waals surface area contributed by atoms with E-state index in [1.54, 1.807) is 32.4 Å². The SMILES string of the molecule is COc1ccccc1CN(C)CCC(=O)Nc1cc(Cl)ccc1OC. The molecule has 0 radical (unpaired) electrons. The number of halogens is 1. The third-order valence-corrected chi connectivity index (χ3v) is 4.02. The average Bonchev–Trinajstić information content (AvgIpc) is 2.60. The minimum Gasteiger partial charge on any atom is -0.496 e. The Morgan fingerprint density at radius 1 is 1.12 bits per heavy atom. The van der Waals surface area contributed by atoms with Crippen molar-refractivity contribution in [1.82, 2.24) is 4.90 Å². The summed E-state index contributed by atoms with van der Waals surface area (Å²) in [7, 11) is 5.18. The second-order valence-corrected chi connectivity index (χ2v) is 6.13. The fourth-order valence-corrected chi connectivity index (χ4v) is 2.66. The van der Waals surface area contributed by atoms with E-state index in [1.807, 2.05) is 31.3 Å². The van der Waals surface area contributed by atoms with Crippen LogP contribution in [0.15, 0.2) is 42.5 Å². The summed E-state index contributed by atoms with van der Waals surface area (Å²) in [5.74, 6) is 1.34. The van der Waals surface area contributed by atoms with Crippen molar-refractivity contribution in [1.29, 1.82) is 0 Å². The predicted octanol–water partition coefficient (Wildman–Crippen LogP) is 3.82. The summed E-state index contributed by atoms with van der Waals surface area (Å²) >= 11 is 5.98. The van der Waals surface area contributed by atoms with Gasteiger partial charge in [0.15, 0.2) is 0 Å². The number of amides is 1. The molecule has 0 aromatic heterocycles. The molecule has 0 bridgehead atoms. The number of para-hydroxylation sites is 1. The first-order valence-corrected chi connectivity index (χ1v) is 8.35. The summed E-state index contributed by atoms with van der Waals surface area (Å²) in [5, 5.41) is 3.39. The zero-order valence-corrected chi connectivity index (χ0v) is 15.5. The van der Waals surface area contributed by atoms with Crippen LogP contribution >= 0.6 is 11.6 Å². The van der Waals surface area contributed by atoms with Crippen LogP contribution in [0.1, 0.15) is 12.0 Å². The van der Waals surface area contributed by atoms with Crippen LogP contribution in [0.4, 0.5) is 5.69 Å². The van der Waals surface area contributed by atoms with Crippen LogP contribution in [0.2, 0.25) is 5.02 Å². The van der Waals surface area contributed by atoms with Crippen molar-refractivity contribution in [2.45, 2.75) is 13.0 Å². The molecule has 5 nitrogen and oxygen atoms in total. The van der Waals surface area contributed by atoms with Crippen molar-refractivity contribution in [3.63, 3.8) is 0 Å². The van der Waals surface area contributed by atoms with Crippen LogP contribution < -0.4 is 14.8 Å². The number of anilines is 1. The standard InChI is InChI=1S/C19H23ClN2O3/c1-22(13-14-6-4-5-7-17(14)24-2)11-10-19(23)21-16-12-15(20)8-9-18(16)25-3/h4-9,12H,10-11,13H2,1-3H3,(H,21,23). The maximum atomic E-state index is 12.2. The number of hydrogen-bond acceptors (Lipinski definition) is 4. The summed E-state index contributed by atoms with van der Waals surface area (Å²) in [6.07, 6.45) is 0.362. The molecule has 6 heteroatoms. The number of carbonyl (C=O) groups is 1. The van der Waals surface area contributed by atoms with E-state index in [9.17, 15) is 4.79 Å². The lowest BCUT2D eigenvalue weighted by molar-refractivity contribution is -0.116. The number of nitrogens with one attached hydrogen (secondary N) is 1. The Morgan fingerprint density at radius 2 is 1.84 bits per heavy atom. The molecule has 1 N–H and O–H groups in total. The fraction of sp³-hybridized carbons (Fsp3) is 0.316. The third kappa shape index (κ3) is 5.66. The van der Waals surface area contributed by atoms with Crippen LogP contribution in [0.25, 0.3) is 0 Å². The smallest absolute Gasteiger partial charge is 0.225 e. The van der Waals surface area contributed by atoms with E-state index < -0.39 is 0 Å². The van der Waals surface area contributed by atoms with Crippen LogP contribution in [0.3, 0.4) is 0 Å². The van der Waals surface area contributed by atoms with Crippen molar-refractivity contribution in [2.24, 2.45) is 0 Å². The predicted molar refractivity (Wildman–Crippen MR) is 101 cm³/mol. The molecule has 0 aliphatic carbocycles. The number of carbonyl (C=O) groups excluding carboxylic acids is 1. The number of ether oxygens (including phenoxy) is 2. The molecule has 2 aromatic rings. The highest BCUT2D eigenvalue weighted by Crippen LogP contribution is 2.27. The quantitative estimate of drug-likeness (QED) is 0.775. The van der Waals surface area contributed by atoms with E-state index in [4.69, 9.17) is 21.1 Å². The van der Waals surface area contributed by atoms with Gasteiger partial charge >= 0.3 is 0 Å². The van der Waals surface area contributed by atoms with Crippen molar-refractivity contribution in [3.8, 4) is 11.5 Å². The number of benzene rings is 2. The first-order valence-electron chi connectivity index (χ1n) is 7.97. The molecule has 0 heterocycles. The Bertz CT molecular complexity index is 722. The fourth-order valence-electron chi connectivity index (χ4n) is 2.49. The number of methoxy groups -OCH3 is 2. The van der Waals surface area contributed by atoms with Gasteiger partial charge in [-0.2, -0.15) is 0 Å². The molecule has 25 heavy (non-hydrogen) atoms. The molecule has 0 saturated carbocycles. The van der Waals surface area contributed by atoms with Gasteiger partial charge in [-0.25, -0.2) is 0 Å². The lowest BCUT2D eigenvalue weighted by Gasteiger charge is -2.18. The summed E-state index contributed by atoms with van der Waals surface area (Å²) in [6.45, 7) is 1.32. The number of hydrogen-bond donors (Lipinski definition) is 1. The Labute approximate surface area is 153 Å². The number of nitrogens with zero attached hydrogens (tertiary/aromatic N) is 1. The van der Waals surface area contributed by atoms with Gasteiger partial charge in [-0.05, 0) is 31.3 Å². The third-order valence-electron chi connectivity index (χ3n) is 3.79. The van der Waals surface area contributed by atoms with E-state index >= 15 is 0 Å². The lowest BCUT2D eigenvalue weighted by Crippen LogP contribution is -2.24. The highest BCUT2D eigenvalue weighted by molar-refractivity contribution is 6.31. The monoisotopic (exact) mass is 362 g/mol. The van der Waals surface area contributed by atoms with Crippen molar-refractivity contribution in [2.75, 3.05) is 33.1 Å². The van der Waals surface area contributed by atoms with E-state index in [0.717, 1.165) is 11.3 Å². The van der Waals surface area contributed by atoms with Gasteiger partial charge in [-0.3, -0.25) is 4.79 Å². The lowest BCUT2D eigenvalue weighted by atomic mass is 10.2. The van der Waals surface area contributed by atoms with Gasteiger partial charge in [0.25, 0.3) is 0 Å². The molecule has 1 amide bonds. The largest absolute Gasteiger partial charge is 0.496 e. The first kappa shape index (κ1) is 19.1. The molecule has 0 aliphatic heterocycles. The van der Waals surface area contributed by atoms with Gasteiger partial charge in [0, 0.05) is 30.1 Å². The molecule has 0 unspecified atom stereocenters. The van der Waals surface area contributed by atoms with E-state index in [-0.39, 0.29) is 5.91 Å². The van der Waals surface area contributed by atoms with Crippen molar-refractivity contribution >= 4 is 23.2 Å². The summed E-state index contributed by atoms with van der Waals surface area (Å²) in [4.78, 5) is 14.3. The molecule has 0 spiro atoms. The highest BCUT2D eigenvalue weighted by Gasteiger charge is 2.11. The average molecular weight is 363 g/mol. The molecule has 0 atom stereocenters. The molecule has 2 rings (SSSR count). The Morgan fingerprint density at radius 3 is 2.56 bits per heavy atom. The molecule has 2 aromatic carbocycles. The van der Waals surface area contributed by atoms with Crippen LogP contribution in [-0.4, -0.2) is 38.6 Å². The Kier molecular flexibility index (Phi) is 7.10.